The molecule has 1 aliphatic heterocycles. The number of nitrogens with two attached hydrogens (primary N) is 1. The maximum absolute atomic E-state index is 13.3. The van der Waals surface area contributed by atoms with E-state index in [1.54, 1.807) is 13.2 Å². The van der Waals surface area contributed by atoms with Gasteiger partial charge < -0.3 is 10.5 Å². The van der Waals surface area contributed by atoms with Gasteiger partial charge in [-0.2, -0.15) is 0 Å². The van der Waals surface area contributed by atoms with E-state index < -0.39 is 0 Å². The molecule has 0 spiro atoms. The first-order chi connectivity index (χ1) is 9.56. The van der Waals surface area contributed by atoms with Crippen LogP contribution in [0.15, 0.2) is 18.2 Å². The van der Waals surface area contributed by atoms with Gasteiger partial charge >= 0.3 is 0 Å². The van der Waals surface area contributed by atoms with E-state index in [0.717, 1.165) is 30.6 Å². The average molecular weight is 280 g/mol. The van der Waals surface area contributed by atoms with Crippen molar-refractivity contribution in [3.63, 3.8) is 0 Å². The largest absolute Gasteiger partial charge is 0.380 e. The smallest absolute Gasteiger partial charge is 0.123 e. The molecule has 1 aliphatic rings. The van der Waals surface area contributed by atoms with Crippen molar-refractivity contribution in [2.24, 2.45) is 11.7 Å². The Balaban J connectivity index is 2.19. The van der Waals surface area contributed by atoms with Crippen LogP contribution in [-0.4, -0.2) is 37.7 Å². The molecule has 1 aromatic carbocycles. The molecule has 112 valence electrons. The SMILES string of the molecule is COC1CN(C(CN)c2ccc(F)cc2C)CCC1C. The Hall–Kier alpha value is -0.970. The van der Waals surface area contributed by atoms with Crippen molar-refractivity contribution in [1.82, 2.24) is 4.90 Å². The minimum atomic E-state index is -0.191. The van der Waals surface area contributed by atoms with Crippen molar-refractivity contribution in [3.8, 4) is 0 Å². The molecular weight excluding hydrogens is 255 g/mol. The summed E-state index contributed by atoms with van der Waals surface area (Å²) in [6.07, 6.45) is 1.36. The molecule has 0 aromatic heterocycles. The molecule has 1 aromatic rings. The number of piperidine rings is 1. The van der Waals surface area contributed by atoms with Crippen molar-refractivity contribution in [1.29, 1.82) is 0 Å². The summed E-state index contributed by atoms with van der Waals surface area (Å²) in [6.45, 7) is 6.61. The highest BCUT2D eigenvalue weighted by Crippen LogP contribution is 2.29. The van der Waals surface area contributed by atoms with E-state index in [4.69, 9.17) is 10.5 Å². The molecule has 1 heterocycles. The summed E-state index contributed by atoms with van der Waals surface area (Å²) in [5, 5.41) is 0. The second-order valence-corrected chi connectivity index (χ2v) is 5.79. The fraction of sp³-hybridized carbons (Fsp3) is 0.625. The molecule has 0 bridgehead atoms. The van der Waals surface area contributed by atoms with Gasteiger partial charge in [0.1, 0.15) is 5.82 Å². The Morgan fingerprint density at radius 2 is 2.25 bits per heavy atom. The number of rotatable bonds is 4. The summed E-state index contributed by atoms with van der Waals surface area (Å²) in [4.78, 5) is 2.37. The van der Waals surface area contributed by atoms with E-state index in [0.29, 0.717) is 12.5 Å². The number of hydrogen-bond acceptors (Lipinski definition) is 3. The predicted octanol–water partition coefficient (Wildman–Crippen LogP) is 2.49. The second kappa shape index (κ2) is 6.66. The molecule has 3 nitrogen and oxygen atoms in total. The monoisotopic (exact) mass is 280 g/mol. The number of aryl methyl sites for hydroxylation is 1. The first kappa shape index (κ1) is 15.4. The number of likely N-dealkylation sites (tertiary alicyclic amines) is 1. The Bertz CT molecular complexity index is 452. The number of halogens is 1. The van der Waals surface area contributed by atoms with E-state index in [9.17, 15) is 4.39 Å². The van der Waals surface area contributed by atoms with Crippen molar-refractivity contribution < 1.29 is 9.13 Å². The summed E-state index contributed by atoms with van der Waals surface area (Å²) < 4.78 is 18.8. The van der Waals surface area contributed by atoms with Crippen molar-refractivity contribution in [2.45, 2.75) is 32.4 Å². The van der Waals surface area contributed by atoms with Crippen LogP contribution in [0.3, 0.4) is 0 Å². The van der Waals surface area contributed by atoms with Crippen LogP contribution in [0.4, 0.5) is 4.39 Å². The van der Waals surface area contributed by atoms with E-state index in [-0.39, 0.29) is 18.0 Å². The minimum Gasteiger partial charge on any atom is -0.380 e. The van der Waals surface area contributed by atoms with Crippen LogP contribution < -0.4 is 5.73 Å². The van der Waals surface area contributed by atoms with Gasteiger partial charge in [0.15, 0.2) is 0 Å². The molecule has 20 heavy (non-hydrogen) atoms. The molecule has 1 fully saturated rings. The highest BCUT2D eigenvalue weighted by Gasteiger charge is 2.30. The lowest BCUT2D eigenvalue weighted by atomic mass is 9.92. The lowest BCUT2D eigenvalue weighted by Gasteiger charge is -2.40. The van der Waals surface area contributed by atoms with Gasteiger partial charge in [-0.15, -0.1) is 0 Å². The van der Waals surface area contributed by atoms with Crippen LogP contribution in [0.1, 0.15) is 30.5 Å². The van der Waals surface area contributed by atoms with Crippen LogP contribution in [0.25, 0.3) is 0 Å². The van der Waals surface area contributed by atoms with Crippen molar-refractivity contribution in [3.05, 3.63) is 35.1 Å². The maximum Gasteiger partial charge on any atom is 0.123 e. The Kier molecular flexibility index (Phi) is 5.13. The maximum atomic E-state index is 13.3. The Labute approximate surface area is 120 Å². The molecule has 3 unspecified atom stereocenters. The van der Waals surface area contributed by atoms with Gasteiger partial charge in [0.05, 0.1) is 6.10 Å². The van der Waals surface area contributed by atoms with E-state index in [1.165, 1.54) is 6.07 Å². The van der Waals surface area contributed by atoms with Gasteiger partial charge in [-0.05, 0) is 49.1 Å². The molecule has 2 rings (SSSR count). The highest BCUT2D eigenvalue weighted by molar-refractivity contribution is 5.30. The summed E-state index contributed by atoms with van der Waals surface area (Å²) in [5.41, 5.74) is 8.08. The van der Waals surface area contributed by atoms with Gasteiger partial charge in [0.25, 0.3) is 0 Å². The quantitative estimate of drug-likeness (QED) is 0.921. The topological polar surface area (TPSA) is 38.5 Å². The van der Waals surface area contributed by atoms with Gasteiger partial charge in [-0.25, -0.2) is 4.39 Å². The molecule has 0 aliphatic carbocycles. The Morgan fingerprint density at radius 3 is 2.85 bits per heavy atom. The molecule has 0 amide bonds. The minimum absolute atomic E-state index is 0.140. The summed E-state index contributed by atoms with van der Waals surface area (Å²) in [5.74, 6) is 0.382. The number of ether oxygens (including phenoxy) is 1. The van der Waals surface area contributed by atoms with E-state index >= 15 is 0 Å². The van der Waals surface area contributed by atoms with Gasteiger partial charge in [0.2, 0.25) is 0 Å². The first-order valence-electron chi connectivity index (χ1n) is 7.29. The average Bonchev–Trinajstić information content (AvgIpc) is 2.43. The summed E-state index contributed by atoms with van der Waals surface area (Å²) in [7, 11) is 1.77. The summed E-state index contributed by atoms with van der Waals surface area (Å²) >= 11 is 0. The summed E-state index contributed by atoms with van der Waals surface area (Å²) in [6, 6.07) is 5.10. The zero-order valence-electron chi connectivity index (χ0n) is 12.6. The normalized spacial score (nSPS) is 25.6. The van der Waals surface area contributed by atoms with Crippen molar-refractivity contribution >= 4 is 0 Å². The third kappa shape index (κ3) is 3.19. The van der Waals surface area contributed by atoms with Crippen LogP contribution in [0.5, 0.6) is 0 Å². The number of benzene rings is 1. The molecule has 1 saturated heterocycles. The standard InChI is InChI=1S/C16H25FN2O/c1-11-6-7-19(10-16(11)20-3)15(9-18)14-5-4-13(17)8-12(14)2/h4-5,8,11,15-16H,6-7,9-10,18H2,1-3H3. The van der Waals surface area contributed by atoms with Crippen LogP contribution in [0, 0.1) is 18.7 Å². The first-order valence-corrected chi connectivity index (χ1v) is 7.29. The fourth-order valence-corrected chi connectivity index (χ4v) is 3.13. The van der Waals surface area contributed by atoms with Crippen LogP contribution in [0.2, 0.25) is 0 Å². The van der Waals surface area contributed by atoms with Gasteiger partial charge in [-0.1, -0.05) is 13.0 Å². The lowest BCUT2D eigenvalue weighted by Crippen LogP contribution is -2.47. The number of nitrogens with zero attached hydrogens (tertiary/aromatic N) is 1. The van der Waals surface area contributed by atoms with Gasteiger partial charge in [-0.3, -0.25) is 4.90 Å². The lowest BCUT2D eigenvalue weighted by molar-refractivity contribution is -0.0184. The molecule has 3 atom stereocenters. The fourth-order valence-electron chi connectivity index (χ4n) is 3.13. The van der Waals surface area contributed by atoms with Crippen LogP contribution in [-0.2, 0) is 4.74 Å². The molecule has 0 radical (unpaired) electrons. The second-order valence-electron chi connectivity index (χ2n) is 5.79. The zero-order chi connectivity index (χ0) is 14.7. The van der Waals surface area contributed by atoms with Crippen molar-refractivity contribution in [2.75, 3.05) is 26.7 Å². The molecule has 0 saturated carbocycles. The van der Waals surface area contributed by atoms with Crippen LogP contribution >= 0.6 is 0 Å². The third-order valence-electron chi connectivity index (χ3n) is 4.48. The van der Waals surface area contributed by atoms with Gasteiger partial charge in [0, 0.05) is 26.2 Å². The Morgan fingerprint density at radius 1 is 1.50 bits per heavy atom. The predicted molar refractivity (Wildman–Crippen MR) is 79.1 cm³/mol. The molecule has 4 heteroatoms. The third-order valence-corrected chi connectivity index (χ3v) is 4.48. The van der Waals surface area contributed by atoms with E-state index in [2.05, 4.69) is 11.8 Å². The van der Waals surface area contributed by atoms with E-state index in [1.807, 2.05) is 13.0 Å². The highest BCUT2D eigenvalue weighted by atomic mass is 19.1. The number of methoxy groups -OCH3 is 1. The number of hydrogen-bond donors (Lipinski definition) is 1. The zero-order valence-corrected chi connectivity index (χ0v) is 12.6. The molecular formula is C16H25FN2O. The molecule has 2 N–H and O–H groups in total.